The van der Waals surface area contributed by atoms with E-state index in [1.807, 2.05) is 24.3 Å². The number of halogens is 1. The van der Waals surface area contributed by atoms with Gasteiger partial charge in [0.2, 0.25) is 0 Å². The van der Waals surface area contributed by atoms with Crippen LogP contribution in [0.5, 0.6) is 0 Å². The number of fused-ring (bicyclic) bond motifs is 1. The number of rotatable bonds is 5. The lowest BCUT2D eigenvalue weighted by Gasteiger charge is -2.33. The van der Waals surface area contributed by atoms with Gasteiger partial charge in [0, 0.05) is 4.88 Å². The van der Waals surface area contributed by atoms with Crippen LogP contribution in [0, 0.1) is 15.1 Å². The number of carbonyl (C=O) groups is 1. The number of thiophene rings is 1. The number of nitrogens with zero attached hydrogens (tertiary/aromatic N) is 1. The number of nitrogens with one attached hydrogen (secondary N) is 1. The van der Waals surface area contributed by atoms with E-state index in [0.29, 0.717) is 23.8 Å². The summed E-state index contributed by atoms with van der Waals surface area (Å²) in [7, 11) is 0. The summed E-state index contributed by atoms with van der Waals surface area (Å²) in [6, 6.07) is 7.45. The summed E-state index contributed by atoms with van der Waals surface area (Å²) in [5, 5.41) is 3.75. The van der Waals surface area contributed by atoms with Gasteiger partial charge in [-0.15, -0.1) is 11.3 Å². The summed E-state index contributed by atoms with van der Waals surface area (Å²) >= 11 is 3.76. The van der Waals surface area contributed by atoms with Gasteiger partial charge >= 0.3 is 0 Å². The molecule has 158 valence electrons. The molecule has 5 nitrogen and oxygen atoms in total. The number of hydrogen-bond donors (Lipinski definition) is 1. The normalized spacial score (nSPS) is 16.7. The highest BCUT2D eigenvalue weighted by atomic mass is 127. The number of aliphatic imine (C=N–C) groups is 1. The first kappa shape index (κ1) is 21.4. The molecule has 0 bridgehead atoms. The van der Waals surface area contributed by atoms with Crippen LogP contribution in [0.25, 0.3) is 0 Å². The topological polar surface area (TPSA) is 67.7 Å². The molecular weight excluding hydrogens is 511 g/mol. The number of amides is 1. The van der Waals surface area contributed by atoms with E-state index < -0.39 is 0 Å². The van der Waals surface area contributed by atoms with Gasteiger partial charge in [0.25, 0.3) is 5.91 Å². The molecule has 0 aliphatic heterocycles. The molecule has 0 fully saturated rings. The molecule has 1 amide bonds. The van der Waals surface area contributed by atoms with Crippen molar-refractivity contribution >= 4 is 51.1 Å². The molecule has 0 saturated heterocycles. The van der Waals surface area contributed by atoms with E-state index in [1.54, 1.807) is 23.8 Å². The molecule has 7 heteroatoms. The van der Waals surface area contributed by atoms with Crippen molar-refractivity contribution in [2.75, 3.05) is 0 Å². The first-order valence-electron chi connectivity index (χ1n) is 10.1. The predicted octanol–water partition coefficient (Wildman–Crippen LogP) is 6.37. The Labute approximate surface area is 194 Å². The largest absolute Gasteiger partial charge is 0.467 e. The number of carbonyl (C=O) groups excluding carboxylic acids is 1. The summed E-state index contributed by atoms with van der Waals surface area (Å²) in [5.74, 6) is 1.92. The molecule has 3 aromatic heterocycles. The summed E-state index contributed by atoms with van der Waals surface area (Å²) in [5.41, 5.74) is 2.10. The highest BCUT2D eigenvalue weighted by molar-refractivity contribution is 14.1. The van der Waals surface area contributed by atoms with Crippen LogP contribution in [0.1, 0.15) is 59.5 Å². The fourth-order valence-corrected chi connectivity index (χ4v) is 5.53. The molecule has 0 unspecified atom stereocenters. The highest BCUT2D eigenvalue weighted by Gasteiger charge is 2.33. The summed E-state index contributed by atoms with van der Waals surface area (Å²) in [4.78, 5) is 19.1. The standard InChI is InChI=1S/C23H25IN2O3S/c1-23(2,3)14-6-8-17-18(11-14)30-22(26-13-16-7-9-19(24)29-16)20(17)21(27)25-12-15-5-4-10-28-15/h4-5,7,9-10,13-14H,6,8,11-12H2,1-3H3,(H,25,27)/t14-/m1/s1. The third-order valence-electron chi connectivity index (χ3n) is 5.60. The molecule has 0 spiro atoms. The van der Waals surface area contributed by atoms with E-state index in [0.717, 1.165) is 39.4 Å². The first-order valence-corrected chi connectivity index (χ1v) is 12.0. The van der Waals surface area contributed by atoms with Gasteiger partial charge in [-0.1, -0.05) is 20.8 Å². The second-order valence-electron chi connectivity index (χ2n) is 8.65. The quantitative estimate of drug-likeness (QED) is 0.305. The van der Waals surface area contributed by atoms with Gasteiger partial charge in [-0.2, -0.15) is 0 Å². The van der Waals surface area contributed by atoms with E-state index >= 15 is 0 Å². The van der Waals surface area contributed by atoms with Crippen LogP contribution >= 0.6 is 33.9 Å². The minimum Gasteiger partial charge on any atom is -0.467 e. The molecule has 1 aliphatic rings. The van der Waals surface area contributed by atoms with Crippen LogP contribution in [0.2, 0.25) is 0 Å². The van der Waals surface area contributed by atoms with Gasteiger partial charge < -0.3 is 14.2 Å². The fraction of sp³-hybridized carbons (Fsp3) is 0.391. The Hall–Kier alpha value is -1.87. The number of hydrogen-bond acceptors (Lipinski definition) is 5. The maximum Gasteiger partial charge on any atom is 0.255 e. The summed E-state index contributed by atoms with van der Waals surface area (Å²) in [6.45, 7) is 7.25. The van der Waals surface area contributed by atoms with Crippen LogP contribution in [0.15, 0.2) is 44.4 Å². The Morgan fingerprint density at radius 3 is 2.87 bits per heavy atom. The maximum atomic E-state index is 13.1. The molecule has 30 heavy (non-hydrogen) atoms. The van der Waals surface area contributed by atoms with E-state index in [1.165, 1.54) is 4.88 Å². The van der Waals surface area contributed by atoms with Gasteiger partial charge in [-0.25, -0.2) is 4.99 Å². The zero-order valence-corrected chi connectivity index (χ0v) is 20.3. The molecule has 1 atom stereocenters. The maximum absolute atomic E-state index is 13.1. The van der Waals surface area contributed by atoms with Crippen molar-refractivity contribution < 1.29 is 13.6 Å². The second kappa shape index (κ2) is 8.70. The molecule has 3 aromatic rings. The summed E-state index contributed by atoms with van der Waals surface area (Å²) in [6.07, 6.45) is 6.30. The van der Waals surface area contributed by atoms with Gasteiger partial charge in [0.05, 0.1) is 24.6 Å². The molecule has 1 N–H and O–H groups in total. The van der Waals surface area contributed by atoms with Crippen molar-refractivity contribution in [2.24, 2.45) is 16.3 Å². The lowest BCUT2D eigenvalue weighted by atomic mass is 9.72. The van der Waals surface area contributed by atoms with Crippen LogP contribution in [0.4, 0.5) is 5.00 Å². The predicted molar refractivity (Wildman–Crippen MR) is 128 cm³/mol. The Bertz CT molecular complexity index is 1060. The Kier molecular flexibility index (Phi) is 6.20. The SMILES string of the molecule is CC(C)(C)[C@@H]1CCc2c(sc(N=Cc3ccc(I)o3)c2C(=O)NCc2ccco2)C1. The average molecular weight is 536 g/mol. The molecular formula is C23H25IN2O3S. The van der Waals surface area contributed by atoms with Gasteiger partial charge in [-0.3, -0.25) is 4.79 Å². The van der Waals surface area contributed by atoms with E-state index in [2.05, 4.69) is 53.7 Å². The zero-order chi connectivity index (χ0) is 21.3. The van der Waals surface area contributed by atoms with Crippen LogP contribution in [-0.4, -0.2) is 12.1 Å². The fourth-order valence-electron chi connectivity index (χ4n) is 3.82. The lowest BCUT2D eigenvalue weighted by molar-refractivity contribution is 0.0947. The Morgan fingerprint density at radius 1 is 1.37 bits per heavy atom. The Morgan fingerprint density at radius 2 is 2.20 bits per heavy atom. The van der Waals surface area contributed by atoms with Crippen LogP contribution in [-0.2, 0) is 19.4 Å². The van der Waals surface area contributed by atoms with Gasteiger partial charge in [0.15, 0.2) is 3.77 Å². The van der Waals surface area contributed by atoms with Gasteiger partial charge in [0.1, 0.15) is 16.5 Å². The van der Waals surface area contributed by atoms with Crippen molar-refractivity contribution in [3.05, 3.63) is 61.8 Å². The molecule has 0 aromatic carbocycles. The van der Waals surface area contributed by atoms with Gasteiger partial charge in [-0.05, 0) is 83.0 Å². The van der Waals surface area contributed by atoms with Crippen molar-refractivity contribution in [1.29, 1.82) is 0 Å². The molecule has 0 saturated carbocycles. The smallest absolute Gasteiger partial charge is 0.255 e. The highest BCUT2D eigenvalue weighted by Crippen LogP contribution is 2.45. The van der Waals surface area contributed by atoms with Crippen molar-refractivity contribution in [2.45, 2.75) is 46.6 Å². The van der Waals surface area contributed by atoms with Crippen LogP contribution in [0.3, 0.4) is 0 Å². The van der Waals surface area contributed by atoms with Crippen molar-refractivity contribution in [3.8, 4) is 0 Å². The van der Waals surface area contributed by atoms with Crippen molar-refractivity contribution in [1.82, 2.24) is 5.32 Å². The lowest BCUT2D eigenvalue weighted by Crippen LogP contribution is -2.28. The third kappa shape index (κ3) is 4.72. The third-order valence-corrected chi connectivity index (χ3v) is 7.35. The Balaban J connectivity index is 1.64. The zero-order valence-electron chi connectivity index (χ0n) is 17.3. The second-order valence-corrected chi connectivity index (χ2v) is 10.8. The molecule has 3 heterocycles. The monoisotopic (exact) mass is 536 g/mol. The summed E-state index contributed by atoms with van der Waals surface area (Å²) < 4.78 is 11.8. The first-order chi connectivity index (χ1) is 14.3. The minimum absolute atomic E-state index is 0.0979. The number of furan rings is 2. The average Bonchev–Trinajstić information content (AvgIpc) is 3.42. The van der Waals surface area contributed by atoms with Crippen molar-refractivity contribution in [3.63, 3.8) is 0 Å². The van der Waals surface area contributed by atoms with E-state index in [4.69, 9.17) is 8.83 Å². The van der Waals surface area contributed by atoms with E-state index in [9.17, 15) is 4.79 Å². The van der Waals surface area contributed by atoms with E-state index in [-0.39, 0.29) is 11.3 Å². The molecule has 0 radical (unpaired) electrons. The molecule has 4 rings (SSSR count). The molecule has 1 aliphatic carbocycles. The van der Waals surface area contributed by atoms with Crippen LogP contribution < -0.4 is 5.32 Å². The minimum atomic E-state index is -0.0979.